The Morgan fingerprint density at radius 3 is 2.86 bits per heavy atom. The van der Waals surface area contributed by atoms with Gasteiger partial charge in [0.05, 0.1) is 18.4 Å². The van der Waals surface area contributed by atoms with E-state index < -0.39 is 28.4 Å². The largest absolute Gasteiger partial charge is 1.00 e. The number of aromatic nitrogens is 3. The number of hydrogen-bond acceptors (Lipinski definition) is 10. The Hall–Kier alpha value is -2.01. The molecular weight excluding hydrogens is 437 g/mol. The van der Waals surface area contributed by atoms with Crippen LogP contribution in [0.25, 0.3) is 5.70 Å². The van der Waals surface area contributed by atoms with Crippen molar-refractivity contribution in [3.05, 3.63) is 29.4 Å². The van der Waals surface area contributed by atoms with Crippen LogP contribution in [0.15, 0.2) is 24.5 Å². The summed E-state index contributed by atoms with van der Waals surface area (Å²) in [6.45, 7) is 0.296. The maximum atomic E-state index is 12.1. The number of hydroxylamine groups is 2. The van der Waals surface area contributed by atoms with Crippen molar-refractivity contribution in [2.24, 2.45) is 0 Å². The first kappa shape index (κ1) is 21.7. The van der Waals surface area contributed by atoms with E-state index >= 15 is 0 Å². The van der Waals surface area contributed by atoms with E-state index in [1.165, 1.54) is 15.8 Å². The monoisotopic (exact) mass is 449 g/mol. The minimum atomic E-state index is -5.08. The van der Waals surface area contributed by atoms with Gasteiger partial charge < -0.3 is 20.5 Å². The predicted molar refractivity (Wildman–Crippen MR) is 94.4 cm³/mol. The molecule has 2 aromatic rings. The van der Waals surface area contributed by atoms with Crippen LogP contribution in [0.3, 0.4) is 0 Å². The minimum Gasteiger partial charge on any atom is -0.724 e. The molecule has 1 fully saturated rings. The first-order chi connectivity index (χ1) is 13.2. The summed E-state index contributed by atoms with van der Waals surface area (Å²) in [7, 11) is -5.08. The number of amides is 3. The SMILES string of the molecule is Nc1ncc(C(=O)Nc2ccn(C3=CC4CN(C3)C(=O)N4OS(=O)(=O)[O-])n2)s1.[Na+]. The number of nitrogens with one attached hydrogen (secondary N) is 1. The first-order valence-corrected chi connectivity index (χ1v) is 9.87. The molecule has 2 bridgehead atoms. The fourth-order valence-electron chi connectivity index (χ4n) is 2.84. The fraction of sp³-hybridized carbons (Fsp3) is 0.231. The number of hydrogen-bond donors (Lipinski definition) is 2. The Kier molecular flexibility index (Phi) is 6.00. The van der Waals surface area contributed by atoms with Crippen molar-refractivity contribution in [2.45, 2.75) is 6.04 Å². The number of carbonyl (C=O) groups excluding carboxylic acids is 2. The molecule has 1 atom stereocenters. The molecule has 0 aromatic carbocycles. The fourth-order valence-corrected chi connectivity index (χ4v) is 3.79. The summed E-state index contributed by atoms with van der Waals surface area (Å²) in [5, 5.41) is 7.61. The van der Waals surface area contributed by atoms with Crippen molar-refractivity contribution in [3.8, 4) is 0 Å². The van der Waals surface area contributed by atoms with E-state index in [4.69, 9.17) is 5.73 Å². The summed E-state index contributed by atoms with van der Waals surface area (Å²) < 4.78 is 38.1. The van der Waals surface area contributed by atoms with Crippen LogP contribution in [-0.2, 0) is 14.7 Å². The average molecular weight is 449 g/mol. The van der Waals surface area contributed by atoms with E-state index in [2.05, 4.69) is 19.7 Å². The first-order valence-electron chi connectivity index (χ1n) is 7.72. The number of nitrogens with two attached hydrogens (primary N) is 1. The van der Waals surface area contributed by atoms with E-state index in [1.54, 1.807) is 18.3 Å². The number of rotatable bonds is 5. The molecule has 0 spiro atoms. The Morgan fingerprint density at radius 2 is 2.21 bits per heavy atom. The van der Waals surface area contributed by atoms with Crippen LogP contribution in [0.2, 0.25) is 0 Å². The molecule has 3 N–H and O–H groups in total. The van der Waals surface area contributed by atoms with Crippen LogP contribution in [0, 0.1) is 0 Å². The molecule has 29 heavy (non-hydrogen) atoms. The Bertz CT molecular complexity index is 1100. The van der Waals surface area contributed by atoms with Crippen LogP contribution >= 0.6 is 11.3 Å². The van der Waals surface area contributed by atoms with Crippen LogP contribution in [0.4, 0.5) is 15.7 Å². The summed E-state index contributed by atoms with van der Waals surface area (Å²) in [5.74, 6) is -0.163. The topological polar surface area (TPSA) is 176 Å². The molecule has 0 aliphatic carbocycles. The molecule has 0 radical (unpaired) electrons. The van der Waals surface area contributed by atoms with Crippen molar-refractivity contribution in [3.63, 3.8) is 0 Å². The standard InChI is InChI=1S/C13H13N7O6S2.Na/c14-12-15-4-9(27-12)11(21)16-10-1-2-19(17-10)7-3-8-6-18(5-7)13(22)20(8)26-28(23,24)25;/h1-4,8H,5-6H2,(H2,14,15)(H,16,17,21)(H,23,24,25);/q;+1/p-1. The average Bonchev–Trinajstić information content (AvgIpc) is 3.31. The Balaban J connectivity index is 0.00000240. The molecule has 4 rings (SSSR count). The van der Waals surface area contributed by atoms with Crippen molar-refractivity contribution in [1.82, 2.24) is 24.7 Å². The molecule has 1 saturated heterocycles. The zero-order chi connectivity index (χ0) is 20.1. The molecule has 13 nitrogen and oxygen atoms in total. The van der Waals surface area contributed by atoms with Crippen molar-refractivity contribution < 1.29 is 56.4 Å². The number of thiazole rings is 1. The van der Waals surface area contributed by atoms with Gasteiger partial charge in [-0.1, -0.05) is 11.3 Å². The molecule has 16 heteroatoms. The number of anilines is 2. The number of nitrogens with zero attached hydrogens (tertiary/aromatic N) is 5. The Labute approximate surface area is 190 Å². The van der Waals surface area contributed by atoms with Crippen LogP contribution < -0.4 is 40.6 Å². The van der Waals surface area contributed by atoms with E-state index in [9.17, 15) is 22.6 Å². The van der Waals surface area contributed by atoms with Gasteiger partial charge in [0.2, 0.25) is 10.4 Å². The number of carbonyl (C=O) groups is 2. The van der Waals surface area contributed by atoms with E-state index in [1.807, 2.05) is 0 Å². The zero-order valence-electron chi connectivity index (χ0n) is 14.9. The molecule has 4 heterocycles. The van der Waals surface area contributed by atoms with Crippen molar-refractivity contribution in [1.29, 1.82) is 0 Å². The minimum absolute atomic E-state index is 0. The molecule has 2 aliphatic rings. The number of fused-ring (bicyclic) bond motifs is 2. The van der Waals surface area contributed by atoms with E-state index in [0.717, 1.165) is 11.3 Å². The van der Waals surface area contributed by atoms with Crippen LogP contribution in [-0.4, -0.2) is 68.8 Å². The van der Waals surface area contributed by atoms with E-state index in [0.29, 0.717) is 15.6 Å². The zero-order valence-corrected chi connectivity index (χ0v) is 18.5. The normalized spacial score (nSPS) is 18.4. The van der Waals surface area contributed by atoms with Gasteiger partial charge in [-0.05, 0) is 6.08 Å². The molecule has 2 aliphatic heterocycles. The second-order valence-electron chi connectivity index (χ2n) is 5.86. The van der Waals surface area contributed by atoms with Gasteiger partial charge in [0, 0.05) is 18.8 Å². The van der Waals surface area contributed by atoms with Gasteiger partial charge in [-0.2, -0.15) is 14.4 Å². The summed E-state index contributed by atoms with van der Waals surface area (Å²) in [5.41, 5.74) is 6.04. The molecule has 3 amide bonds. The smallest absolute Gasteiger partial charge is 0.724 e. The van der Waals surface area contributed by atoms with Crippen molar-refractivity contribution >= 4 is 50.3 Å². The van der Waals surface area contributed by atoms with Gasteiger partial charge in [-0.25, -0.2) is 22.9 Å². The van der Waals surface area contributed by atoms with E-state index in [-0.39, 0.29) is 53.6 Å². The molecule has 148 valence electrons. The number of nitrogen functional groups attached to an aromatic ring is 1. The molecule has 1 unspecified atom stereocenters. The van der Waals surface area contributed by atoms with Gasteiger partial charge in [0.25, 0.3) is 5.91 Å². The number of urea groups is 1. The second-order valence-corrected chi connectivity index (χ2v) is 7.89. The van der Waals surface area contributed by atoms with Crippen LogP contribution in [0.5, 0.6) is 0 Å². The maximum Gasteiger partial charge on any atom is 1.00 e. The van der Waals surface area contributed by atoms with Crippen LogP contribution in [0.1, 0.15) is 9.67 Å². The molecule has 2 aromatic heterocycles. The van der Waals surface area contributed by atoms with Gasteiger partial charge >= 0.3 is 35.6 Å². The van der Waals surface area contributed by atoms with Gasteiger partial charge in [0.15, 0.2) is 10.9 Å². The quantitative estimate of drug-likeness (QED) is 0.267. The third kappa shape index (κ3) is 4.61. The third-order valence-corrected chi connectivity index (χ3v) is 5.12. The Morgan fingerprint density at radius 1 is 1.45 bits per heavy atom. The van der Waals surface area contributed by atoms with Gasteiger partial charge in [0.1, 0.15) is 10.9 Å². The van der Waals surface area contributed by atoms with Crippen molar-refractivity contribution in [2.75, 3.05) is 24.1 Å². The maximum absolute atomic E-state index is 12.1. The van der Waals surface area contributed by atoms with Gasteiger partial charge in [-0.3, -0.25) is 4.79 Å². The summed E-state index contributed by atoms with van der Waals surface area (Å²) in [6.07, 6.45) is 4.48. The summed E-state index contributed by atoms with van der Waals surface area (Å²) >= 11 is 1.03. The molecular formula is C13H12N7NaO6S2. The summed E-state index contributed by atoms with van der Waals surface area (Å²) in [6, 6.07) is 0.0502. The predicted octanol–water partition coefficient (Wildman–Crippen LogP) is -3.47. The second kappa shape index (κ2) is 8.02. The third-order valence-electron chi connectivity index (χ3n) is 3.95. The summed E-state index contributed by atoms with van der Waals surface area (Å²) in [4.78, 5) is 29.7. The van der Waals surface area contributed by atoms with Gasteiger partial charge in [-0.15, -0.1) is 0 Å². The molecule has 0 saturated carbocycles.